The molecule has 3 heterocycles. The van der Waals surface area contributed by atoms with Crippen LogP contribution in [0.15, 0.2) is 52.2 Å². The van der Waals surface area contributed by atoms with Crippen molar-refractivity contribution in [1.82, 2.24) is 8.87 Å². The molecule has 6 nitrogen and oxygen atoms in total. The number of thiophene rings is 1. The number of hydrogen-bond acceptors (Lipinski definition) is 5. The molecule has 2 aromatic heterocycles. The minimum atomic E-state index is -3.71. The fourth-order valence-electron chi connectivity index (χ4n) is 3.55. The van der Waals surface area contributed by atoms with E-state index in [4.69, 9.17) is 11.6 Å². The average Bonchev–Trinajstić information content (AvgIpc) is 3.32. The third-order valence-electron chi connectivity index (χ3n) is 5.04. The van der Waals surface area contributed by atoms with Gasteiger partial charge in [-0.3, -0.25) is 4.79 Å². The fraction of sp³-hybridized carbons (Fsp3) is 0.300. The van der Waals surface area contributed by atoms with Crippen molar-refractivity contribution in [2.45, 2.75) is 23.6 Å². The van der Waals surface area contributed by atoms with Gasteiger partial charge in [0.2, 0.25) is 0 Å². The Morgan fingerprint density at radius 2 is 2.13 bits per heavy atom. The highest BCUT2D eigenvalue weighted by Crippen LogP contribution is 2.31. The zero-order valence-corrected chi connectivity index (χ0v) is 19.5. The molecule has 0 aliphatic carbocycles. The molecule has 1 atom stereocenters. The Balaban J connectivity index is 1.63. The van der Waals surface area contributed by atoms with Gasteiger partial charge in [-0.25, -0.2) is 12.8 Å². The van der Waals surface area contributed by atoms with Crippen LogP contribution in [0.3, 0.4) is 0 Å². The molecule has 1 unspecified atom stereocenters. The second kappa shape index (κ2) is 8.95. The van der Waals surface area contributed by atoms with Gasteiger partial charge in [-0.15, -0.1) is 17.9 Å². The van der Waals surface area contributed by atoms with Crippen LogP contribution in [0.1, 0.15) is 12.8 Å². The molecular formula is C20H19ClFN3O3S3. The Labute approximate surface area is 192 Å². The van der Waals surface area contributed by atoms with Gasteiger partial charge in [-0.1, -0.05) is 29.0 Å². The maximum Gasteiger partial charge on any atom is 0.252 e. The molecule has 31 heavy (non-hydrogen) atoms. The van der Waals surface area contributed by atoms with E-state index >= 15 is 0 Å². The minimum Gasteiger partial charge on any atom is -0.313 e. The summed E-state index contributed by atoms with van der Waals surface area (Å²) < 4.78 is 43.8. The van der Waals surface area contributed by atoms with Crippen molar-refractivity contribution >= 4 is 60.4 Å². The van der Waals surface area contributed by atoms with Gasteiger partial charge in [0, 0.05) is 19.6 Å². The van der Waals surface area contributed by atoms with Crippen molar-refractivity contribution in [2.75, 3.05) is 13.1 Å². The molecule has 1 fully saturated rings. The molecule has 0 spiro atoms. The van der Waals surface area contributed by atoms with Gasteiger partial charge >= 0.3 is 0 Å². The van der Waals surface area contributed by atoms with E-state index < -0.39 is 15.9 Å². The number of nitrogens with zero attached hydrogens (tertiary/aromatic N) is 3. The van der Waals surface area contributed by atoms with Gasteiger partial charge < -0.3 is 4.57 Å². The summed E-state index contributed by atoms with van der Waals surface area (Å²) in [5.41, 5.74) is 0.764. The van der Waals surface area contributed by atoms with Gasteiger partial charge in [0.1, 0.15) is 10.0 Å². The number of aromatic nitrogens is 1. The predicted molar refractivity (Wildman–Crippen MR) is 121 cm³/mol. The van der Waals surface area contributed by atoms with Crippen LogP contribution in [0.2, 0.25) is 4.34 Å². The summed E-state index contributed by atoms with van der Waals surface area (Å²) in [5.74, 6) is -1.29. The van der Waals surface area contributed by atoms with E-state index in [0.717, 1.165) is 16.9 Å². The number of carbonyl (C=O) groups excluding carboxylic acids is 1. The average molecular weight is 500 g/mol. The van der Waals surface area contributed by atoms with E-state index in [1.165, 1.54) is 33.8 Å². The maximum atomic E-state index is 13.6. The number of amides is 1. The largest absolute Gasteiger partial charge is 0.313 e. The smallest absolute Gasteiger partial charge is 0.252 e. The van der Waals surface area contributed by atoms with Crippen LogP contribution < -0.4 is 4.80 Å². The molecule has 4 rings (SSSR count). The Kier molecular flexibility index (Phi) is 6.45. The number of carbonyl (C=O) groups is 1. The Hall–Kier alpha value is -1.85. The SMILES string of the molecule is C=CCn1c(=NC(=O)C2CCCN(S(=O)(=O)c3ccc(Cl)s3)C2)sc2cc(F)ccc21. The van der Waals surface area contributed by atoms with Crippen LogP contribution in [0.4, 0.5) is 4.39 Å². The first-order chi connectivity index (χ1) is 14.8. The topological polar surface area (TPSA) is 71.7 Å². The number of rotatable bonds is 5. The van der Waals surface area contributed by atoms with Gasteiger partial charge in [0.25, 0.3) is 15.9 Å². The molecule has 1 aliphatic rings. The lowest BCUT2D eigenvalue weighted by Gasteiger charge is -2.29. The van der Waals surface area contributed by atoms with E-state index in [9.17, 15) is 17.6 Å². The first-order valence-electron chi connectivity index (χ1n) is 9.53. The Morgan fingerprint density at radius 1 is 1.32 bits per heavy atom. The summed E-state index contributed by atoms with van der Waals surface area (Å²) in [4.78, 5) is 17.7. The molecule has 0 N–H and O–H groups in total. The molecule has 1 amide bonds. The van der Waals surface area contributed by atoms with Crippen molar-refractivity contribution < 1.29 is 17.6 Å². The Morgan fingerprint density at radius 3 is 2.84 bits per heavy atom. The van der Waals surface area contributed by atoms with Crippen molar-refractivity contribution in [3.63, 3.8) is 0 Å². The number of thiazole rings is 1. The second-order valence-electron chi connectivity index (χ2n) is 7.11. The number of benzene rings is 1. The van der Waals surface area contributed by atoms with Crippen molar-refractivity contribution in [3.8, 4) is 0 Å². The lowest BCUT2D eigenvalue weighted by molar-refractivity contribution is -0.122. The molecule has 1 aromatic carbocycles. The summed E-state index contributed by atoms with van der Waals surface area (Å²) in [5, 5.41) is 0. The van der Waals surface area contributed by atoms with Crippen LogP contribution in [0.5, 0.6) is 0 Å². The van der Waals surface area contributed by atoms with Crippen LogP contribution in [-0.4, -0.2) is 36.3 Å². The number of fused-ring (bicyclic) bond motifs is 1. The van der Waals surface area contributed by atoms with E-state index in [-0.39, 0.29) is 22.5 Å². The zero-order chi connectivity index (χ0) is 22.2. The minimum absolute atomic E-state index is 0.0706. The van der Waals surface area contributed by atoms with Crippen molar-refractivity contribution in [1.29, 1.82) is 0 Å². The van der Waals surface area contributed by atoms with Gasteiger partial charge in [0.05, 0.1) is 20.5 Å². The lowest BCUT2D eigenvalue weighted by atomic mass is 9.99. The summed E-state index contributed by atoms with van der Waals surface area (Å²) in [6.07, 6.45) is 2.80. The fourth-order valence-corrected chi connectivity index (χ4v) is 7.78. The normalized spacial score (nSPS) is 18.5. The number of halogens is 2. The van der Waals surface area contributed by atoms with Crippen LogP contribution in [0.25, 0.3) is 10.2 Å². The summed E-state index contributed by atoms with van der Waals surface area (Å²) >= 11 is 8.11. The van der Waals surface area contributed by atoms with E-state index in [1.54, 1.807) is 22.8 Å². The quantitative estimate of drug-likeness (QED) is 0.492. The first kappa shape index (κ1) is 22.3. The molecular weight excluding hydrogens is 481 g/mol. The third-order valence-corrected chi connectivity index (χ3v) is 9.64. The standard InChI is InChI=1S/C20H19ClFN3O3S3/c1-2-9-25-15-6-5-14(22)11-16(15)29-20(25)23-19(26)13-4-3-10-24(12-13)31(27,28)18-8-7-17(21)30-18/h2,5-8,11,13H,1,3-4,9-10,12H2. The molecule has 0 bridgehead atoms. The molecule has 164 valence electrons. The van der Waals surface area contributed by atoms with Crippen LogP contribution in [-0.2, 0) is 21.4 Å². The summed E-state index contributed by atoms with van der Waals surface area (Å²) in [7, 11) is -3.71. The maximum absolute atomic E-state index is 13.6. The monoisotopic (exact) mass is 499 g/mol. The van der Waals surface area contributed by atoms with Gasteiger partial charge in [0.15, 0.2) is 4.80 Å². The zero-order valence-electron chi connectivity index (χ0n) is 16.3. The summed E-state index contributed by atoms with van der Waals surface area (Å²) in [6.45, 7) is 4.58. The highest BCUT2D eigenvalue weighted by Gasteiger charge is 2.34. The van der Waals surface area contributed by atoms with Crippen molar-refractivity contribution in [3.05, 3.63) is 57.9 Å². The van der Waals surface area contributed by atoms with E-state index in [0.29, 0.717) is 39.8 Å². The van der Waals surface area contributed by atoms with Gasteiger partial charge in [-0.2, -0.15) is 9.30 Å². The number of hydrogen-bond donors (Lipinski definition) is 0. The van der Waals surface area contributed by atoms with E-state index in [2.05, 4.69) is 11.6 Å². The molecule has 1 aliphatic heterocycles. The molecule has 0 saturated carbocycles. The van der Waals surface area contributed by atoms with Crippen LogP contribution >= 0.6 is 34.3 Å². The second-order valence-corrected chi connectivity index (χ2v) is 12.0. The van der Waals surface area contributed by atoms with Crippen LogP contribution in [0, 0.1) is 11.7 Å². The van der Waals surface area contributed by atoms with Crippen molar-refractivity contribution in [2.24, 2.45) is 10.9 Å². The lowest BCUT2D eigenvalue weighted by Crippen LogP contribution is -2.42. The van der Waals surface area contributed by atoms with Gasteiger partial charge in [-0.05, 0) is 43.2 Å². The molecule has 0 radical (unpaired) electrons. The number of piperidine rings is 1. The Bertz CT molecular complexity index is 1330. The number of sulfonamides is 1. The third kappa shape index (κ3) is 4.54. The van der Waals surface area contributed by atoms with E-state index in [1.807, 2.05) is 0 Å². The highest BCUT2D eigenvalue weighted by atomic mass is 35.5. The number of allylic oxidation sites excluding steroid dienone is 1. The molecule has 3 aromatic rings. The molecule has 11 heteroatoms. The molecule has 1 saturated heterocycles. The first-order valence-corrected chi connectivity index (χ1v) is 13.0. The highest BCUT2D eigenvalue weighted by molar-refractivity contribution is 7.91. The predicted octanol–water partition coefficient (Wildman–Crippen LogP) is 4.27. The summed E-state index contributed by atoms with van der Waals surface area (Å²) in [6, 6.07) is 7.44.